The predicted octanol–water partition coefficient (Wildman–Crippen LogP) is 3.26. The van der Waals surface area contributed by atoms with Crippen molar-refractivity contribution in [2.24, 2.45) is 5.73 Å². The minimum Gasteiger partial charge on any atom is -0.329 e. The van der Waals surface area contributed by atoms with Crippen molar-refractivity contribution in [3.8, 4) is 0 Å². The molecule has 0 aliphatic rings. The van der Waals surface area contributed by atoms with Gasteiger partial charge in [-0.2, -0.15) is 13.2 Å². The van der Waals surface area contributed by atoms with Gasteiger partial charge in [-0.25, -0.2) is 0 Å². The third-order valence-electron chi connectivity index (χ3n) is 2.81. The molecule has 19 heavy (non-hydrogen) atoms. The Labute approximate surface area is 111 Å². The molecule has 1 unspecified atom stereocenters. The summed E-state index contributed by atoms with van der Waals surface area (Å²) in [5.41, 5.74) is 5.78. The molecular weight excluding hydrogens is 253 g/mol. The topological polar surface area (TPSA) is 38.0 Å². The van der Waals surface area contributed by atoms with Gasteiger partial charge < -0.3 is 11.1 Å². The minimum absolute atomic E-state index is 0.118. The molecule has 0 aliphatic carbocycles. The molecule has 2 nitrogen and oxygen atoms in total. The SMILES string of the molecule is C/C=C/CCNC(CN)c1ccc(C(F)(F)F)cc1. The molecular formula is C14H19F3N2. The smallest absolute Gasteiger partial charge is 0.329 e. The molecule has 106 valence electrons. The molecule has 0 aliphatic heterocycles. The van der Waals surface area contributed by atoms with E-state index in [-0.39, 0.29) is 6.04 Å². The van der Waals surface area contributed by atoms with Crippen LogP contribution in [0, 0.1) is 0 Å². The average molecular weight is 272 g/mol. The highest BCUT2D eigenvalue weighted by molar-refractivity contribution is 5.27. The van der Waals surface area contributed by atoms with Gasteiger partial charge in [0.15, 0.2) is 0 Å². The molecule has 0 saturated carbocycles. The number of benzene rings is 1. The number of alkyl halides is 3. The first kappa shape index (κ1) is 15.7. The number of nitrogens with two attached hydrogens (primary N) is 1. The van der Waals surface area contributed by atoms with Gasteiger partial charge in [0, 0.05) is 12.6 Å². The molecule has 5 heteroatoms. The number of hydrogen-bond acceptors (Lipinski definition) is 2. The van der Waals surface area contributed by atoms with Crippen LogP contribution in [0.4, 0.5) is 13.2 Å². The van der Waals surface area contributed by atoms with Gasteiger partial charge in [-0.3, -0.25) is 0 Å². The maximum atomic E-state index is 12.4. The fraction of sp³-hybridized carbons (Fsp3) is 0.429. The van der Waals surface area contributed by atoms with Gasteiger partial charge in [0.05, 0.1) is 5.56 Å². The highest BCUT2D eigenvalue weighted by Gasteiger charge is 2.30. The quantitative estimate of drug-likeness (QED) is 0.616. The van der Waals surface area contributed by atoms with Crippen LogP contribution in [0.3, 0.4) is 0 Å². The number of nitrogens with one attached hydrogen (secondary N) is 1. The van der Waals surface area contributed by atoms with Gasteiger partial charge in [0.1, 0.15) is 0 Å². The van der Waals surface area contributed by atoms with E-state index in [1.807, 2.05) is 19.1 Å². The fourth-order valence-electron chi connectivity index (χ4n) is 1.75. The van der Waals surface area contributed by atoms with Gasteiger partial charge in [0.25, 0.3) is 0 Å². The van der Waals surface area contributed by atoms with E-state index in [0.29, 0.717) is 6.54 Å². The molecule has 1 aromatic rings. The van der Waals surface area contributed by atoms with Gasteiger partial charge >= 0.3 is 6.18 Å². The second-order valence-corrected chi connectivity index (χ2v) is 4.22. The Bertz CT molecular complexity index is 396. The van der Waals surface area contributed by atoms with Gasteiger partial charge in [0.2, 0.25) is 0 Å². The summed E-state index contributed by atoms with van der Waals surface area (Å²) in [6.45, 7) is 3.03. The zero-order valence-electron chi connectivity index (χ0n) is 10.9. The molecule has 0 bridgehead atoms. The average Bonchev–Trinajstić information content (AvgIpc) is 2.38. The second-order valence-electron chi connectivity index (χ2n) is 4.22. The van der Waals surface area contributed by atoms with Crippen LogP contribution in [0.1, 0.15) is 30.5 Å². The van der Waals surface area contributed by atoms with Crippen LogP contribution in [-0.4, -0.2) is 13.1 Å². The largest absolute Gasteiger partial charge is 0.416 e. The fourth-order valence-corrected chi connectivity index (χ4v) is 1.75. The van der Waals surface area contributed by atoms with E-state index in [1.165, 1.54) is 12.1 Å². The third-order valence-corrected chi connectivity index (χ3v) is 2.81. The van der Waals surface area contributed by atoms with Crippen molar-refractivity contribution in [1.29, 1.82) is 0 Å². The lowest BCUT2D eigenvalue weighted by atomic mass is 10.0. The van der Waals surface area contributed by atoms with E-state index >= 15 is 0 Å². The summed E-state index contributed by atoms with van der Waals surface area (Å²) in [6.07, 6.45) is 0.550. The van der Waals surface area contributed by atoms with E-state index in [0.717, 1.165) is 30.7 Å². The lowest BCUT2D eigenvalue weighted by Gasteiger charge is -2.17. The van der Waals surface area contributed by atoms with E-state index < -0.39 is 11.7 Å². The summed E-state index contributed by atoms with van der Waals surface area (Å²) >= 11 is 0. The van der Waals surface area contributed by atoms with Gasteiger partial charge in [-0.15, -0.1) is 0 Å². The second kappa shape index (κ2) is 7.31. The summed E-state index contributed by atoms with van der Waals surface area (Å²) in [5, 5.41) is 3.22. The molecule has 0 fully saturated rings. The lowest BCUT2D eigenvalue weighted by molar-refractivity contribution is -0.137. The van der Waals surface area contributed by atoms with Crippen LogP contribution in [-0.2, 0) is 6.18 Å². The maximum Gasteiger partial charge on any atom is 0.416 e. The number of allylic oxidation sites excluding steroid dienone is 1. The Hall–Kier alpha value is -1.33. The predicted molar refractivity (Wildman–Crippen MR) is 70.7 cm³/mol. The lowest BCUT2D eigenvalue weighted by Crippen LogP contribution is -2.28. The molecule has 0 saturated heterocycles. The van der Waals surface area contributed by atoms with Crippen LogP contribution < -0.4 is 11.1 Å². The number of hydrogen-bond donors (Lipinski definition) is 2. The van der Waals surface area contributed by atoms with Crippen LogP contribution in [0.5, 0.6) is 0 Å². The molecule has 1 atom stereocenters. The highest BCUT2D eigenvalue weighted by Crippen LogP contribution is 2.29. The number of halogens is 3. The third kappa shape index (κ3) is 5.04. The minimum atomic E-state index is -4.30. The van der Waals surface area contributed by atoms with E-state index in [4.69, 9.17) is 5.73 Å². The summed E-state index contributed by atoms with van der Waals surface area (Å²) in [4.78, 5) is 0. The van der Waals surface area contributed by atoms with Gasteiger partial charge in [-0.05, 0) is 37.6 Å². The molecule has 1 rings (SSSR count). The highest BCUT2D eigenvalue weighted by atomic mass is 19.4. The molecule has 0 radical (unpaired) electrons. The van der Waals surface area contributed by atoms with Crippen molar-refractivity contribution >= 4 is 0 Å². The van der Waals surface area contributed by atoms with Crippen LogP contribution in [0.15, 0.2) is 36.4 Å². The summed E-state index contributed by atoms with van der Waals surface area (Å²) < 4.78 is 37.3. The number of rotatable bonds is 6. The first-order valence-corrected chi connectivity index (χ1v) is 6.20. The van der Waals surface area contributed by atoms with Gasteiger partial charge in [-0.1, -0.05) is 24.3 Å². The molecule has 3 N–H and O–H groups in total. The van der Waals surface area contributed by atoms with E-state index in [9.17, 15) is 13.2 Å². The van der Waals surface area contributed by atoms with E-state index in [1.54, 1.807) is 0 Å². The van der Waals surface area contributed by atoms with Crippen molar-refractivity contribution < 1.29 is 13.2 Å². The summed E-state index contributed by atoms with van der Waals surface area (Å²) in [7, 11) is 0. The Kier molecular flexibility index (Phi) is 6.05. The normalized spacial score (nSPS) is 13.9. The summed E-state index contributed by atoms with van der Waals surface area (Å²) in [5.74, 6) is 0. The van der Waals surface area contributed by atoms with Crippen LogP contribution in [0.25, 0.3) is 0 Å². The molecule has 0 aromatic heterocycles. The molecule has 0 spiro atoms. The Morgan fingerprint density at radius 1 is 1.26 bits per heavy atom. The van der Waals surface area contributed by atoms with Crippen molar-refractivity contribution in [2.45, 2.75) is 25.6 Å². The first-order chi connectivity index (χ1) is 8.99. The molecule has 1 aromatic carbocycles. The Morgan fingerprint density at radius 3 is 2.37 bits per heavy atom. The standard InChI is InChI=1S/C14H19F3N2/c1-2-3-4-9-19-13(10-18)11-5-7-12(8-6-11)14(15,16)17/h2-3,5-8,13,19H,4,9-10,18H2,1H3/b3-2+. The van der Waals surface area contributed by atoms with Crippen LogP contribution in [0.2, 0.25) is 0 Å². The van der Waals surface area contributed by atoms with Crippen molar-refractivity contribution in [1.82, 2.24) is 5.32 Å². The summed E-state index contributed by atoms with van der Waals surface area (Å²) in [6, 6.07) is 5.01. The Morgan fingerprint density at radius 2 is 1.89 bits per heavy atom. The maximum absolute atomic E-state index is 12.4. The van der Waals surface area contributed by atoms with Crippen molar-refractivity contribution in [3.63, 3.8) is 0 Å². The first-order valence-electron chi connectivity index (χ1n) is 6.20. The van der Waals surface area contributed by atoms with E-state index in [2.05, 4.69) is 5.32 Å². The zero-order chi connectivity index (χ0) is 14.3. The van der Waals surface area contributed by atoms with Crippen LogP contribution >= 0.6 is 0 Å². The van der Waals surface area contributed by atoms with Crippen molar-refractivity contribution in [3.05, 3.63) is 47.5 Å². The monoisotopic (exact) mass is 272 g/mol. The Balaban J connectivity index is 2.66. The molecule has 0 amide bonds. The molecule has 0 heterocycles. The zero-order valence-corrected chi connectivity index (χ0v) is 10.9. The van der Waals surface area contributed by atoms with Crippen molar-refractivity contribution in [2.75, 3.05) is 13.1 Å².